The number of pyridine rings is 1. The number of nitrogens with zero attached hydrogens (tertiary/aromatic N) is 3. The summed E-state index contributed by atoms with van der Waals surface area (Å²) in [7, 11) is 0. The normalized spacial score (nSPS) is 11.9. The minimum absolute atomic E-state index is 0.256. The Balaban J connectivity index is 2.04. The first-order chi connectivity index (χ1) is 11.9. The Hall–Kier alpha value is -2.67. The molecule has 7 heteroatoms. The second kappa shape index (κ2) is 5.42. The summed E-state index contributed by atoms with van der Waals surface area (Å²) in [6.07, 6.45) is 3.55. The van der Waals surface area contributed by atoms with Crippen molar-refractivity contribution in [2.24, 2.45) is 0 Å². The van der Waals surface area contributed by atoms with Crippen molar-refractivity contribution < 1.29 is 9.90 Å². The number of H-pyrrole nitrogens is 1. The van der Waals surface area contributed by atoms with Gasteiger partial charge in [0.25, 0.3) is 0 Å². The number of carbonyl (C=O) groups is 1. The van der Waals surface area contributed by atoms with Crippen molar-refractivity contribution in [2.75, 3.05) is 0 Å². The van der Waals surface area contributed by atoms with Crippen LogP contribution in [0.15, 0.2) is 18.6 Å². The lowest BCUT2D eigenvalue weighted by Crippen LogP contribution is -1.99. The van der Waals surface area contributed by atoms with Crippen LogP contribution in [0.4, 0.5) is 0 Å². The van der Waals surface area contributed by atoms with Crippen molar-refractivity contribution in [1.82, 2.24) is 19.6 Å². The molecule has 4 aromatic rings. The van der Waals surface area contributed by atoms with Crippen molar-refractivity contribution in [3.8, 4) is 11.3 Å². The van der Waals surface area contributed by atoms with Crippen molar-refractivity contribution in [3.05, 3.63) is 40.2 Å². The van der Waals surface area contributed by atoms with Crippen molar-refractivity contribution in [3.63, 3.8) is 0 Å². The summed E-state index contributed by atoms with van der Waals surface area (Å²) in [6.45, 7) is 8.38. The van der Waals surface area contributed by atoms with Gasteiger partial charge in [-0.25, -0.2) is 14.3 Å². The average Bonchev–Trinajstić information content (AvgIpc) is 3.22. The van der Waals surface area contributed by atoms with Crippen LogP contribution in [0.25, 0.3) is 27.1 Å². The first kappa shape index (κ1) is 15.8. The molecule has 0 atom stereocenters. The number of carboxylic acids is 1. The summed E-state index contributed by atoms with van der Waals surface area (Å²) in [5.41, 5.74) is 6.34. The number of aromatic amines is 1. The molecule has 6 nitrogen and oxygen atoms in total. The molecule has 0 aliphatic carbocycles. The summed E-state index contributed by atoms with van der Waals surface area (Å²) in [5.74, 6) is -0.631. The van der Waals surface area contributed by atoms with E-state index in [1.54, 1.807) is 16.9 Å². The van der Waals surface area contributed by atoms with E-state index in [1.807, 2.05) is 13.1 Å². The molecule has 0 aliphatic rings. The molecule has 0 saturated heterocycles. The molecule has 0 bridgehead atoms. The molecule has 4 heterocycles. The minimum atomic E-state index is -0.887. The van der Waals surface area contributed by atoms with E-state index in [9.17, 15) is 9.90 Å². The van der Waals surface area contributed by atoms with Gasteiger partial charge in [-0.15, -0.1) is 11.3 Å². The zero-order chi connectivity index (χ0) is 17.9. The largest absolute Gasteiger partial charge is 0.477 e. The van der Waals surface area contributed by atoms with Gasteiger partial charge in [0.2, 0.25) is 0 Å². The zero-order valence-electron chi connectivity index (χ0n) is 14.4. The van der Waals surface area contributed by atoms with Gasteiger partial charge in [0.1, 0.15) is 16.0 Å². The first-order valence-electron chi connectivity index (χ1n) is 8.07. The molecule has 0 amide bonds. The van der Waals surface area contributed by atoms with E-state index in [0.29, 0.717) is 4.88 Å². The number of aromatic nitrogens is 4. The van der Waals surface area contributed by atoms with E-state index >= 15 is 0 Å². The van der Waals surface area contributed by atoms with E-state index < -0.39 is 5.97 Å². The lowest BCUT2D eigenvalue weighted by molar-refractivity contribution is 0.0702. The van der Waals surface area contributed by atoms with Crippen LogP contribution >= 0.6 is 11.3 Å². The Labute approximate surface area is 148 Å². The van der Waals surface area contributed by atoms with Crippen molar-refractivity contribution in [1.29, 1.82) is 0 Å². The highest BCUT2D eigenvalue weighted by molar-refractivity contribution is 7.20. The van der Waals surface area contributed by atoms with Gasteiger partial charge in [-0.1, -0.05) is 13.8 Å². The van der Waals surface area contributed by atoms with Gasteiger partial charge in [-0.3, -0.25) is 0 Å². The highest BCUT2D eigenvalue weighted by Gasteiger charge is 2.22. The van der Waals surface area contributed by atoms with Gasteiger partial charge in [0.05, 0.1) is 5.69 Å². The molecule has 0 aliphatic heterocycles. The van der Waals surface area contributed by atoms with Crippen LogP contribution in [0.2, 0.25) is 0 Å². The monoisotopic (exact) mass is 354 g/mol. The smallest absolute Gasteiger partial charge is 0.345 e. The van der Waals surface area contributed by atoms with Crippen LogP contribution in [0.1, 0.15) is 46.1 Å². The summed E-state index contributed by atoms with van der Waals surface area (Å²) >= 11 is 1.28. The maximum atomic E-state index is 11.3. The predicted molar refractivity (Wildman–Crippen MR) is 98.7 cm³/mol. The van der Waals surface area contributed by atoms with Crippen molar-refractivity contribution in [2.45, 2.75) is 33.6 Å². The quantitative estimate of drug-likeness (QED) is 0.572. The SMILES string of the molecule is Cc1c(-c2[nH]c3sc(C(=O)O)cc3c2C(C)C)cn2ncnc2c1C. The second-order valence-electron chi connectivity index (χ2n) is 6.55. The first-order valence-corrected chi connectivity index (χ1v) is 8.88. The fourth-order valence-corrected chi connectivity index (χ4v) is 4.29. The number of hydrogen-bond acceptors (Lipinski definition) is 4. The highest BCUT2D eigenvalue weighted by Crippen LogP contribution is 2.40. The van der Waals surface area contributed by atoms with E-state index in [1.165, 1.54) is 11.3 Å². The molecule has 0 spiro atoms. The van der Waals surface area contributed by atoms with E-state index in [-0.39, 0.29) is 5.92 Å². The van der Waals surface area contributed by atoms with Gasteiger partial charge in [0.15, 0.2) is 5.65 Å². The molecule has 0 radical (unpaired) electrons. The van der Waals surface area contributed by atoms with Crippen LogP contribution < -0.4 is 0 Å². The van der Waals surface area contributed by atoms with Crippen LogP contribution in [0.5, 0.6) is 0 Å². The topological polar surface area (TPSA) is 83.3 Å². The highest BCUT2D eigenvalue weighted by atomic mass is 32.1. The third-order valence-electron chi connectivity index (χ3n) is 4.71. The van der Waals surface area contributed by atoms with Gasteiger partial charge in [0, 0.05) is 17.1 Å². The lowest BCUT2D eigenvalue weighted by Gasteiger charge is -2.13. The lowest BCUT2D eigenvalue weighted by atomic mass is 9.94. The van der Waals surface area contributed by atoms with Crippen LogP contribution in [0, 0.1) is 13.8 Å². The number of rotatable bonds is 3. The van der Waals surface area contributed by atoms with Crippen molar-refractivity contribution >= 4 is 33.2 Å². The van der Waals surface area contributed by atoms with Crippen LogP contribution in [-0.2, 0) is 0 Å². The number of thiophene rings is 1. The maximum absolute atomic E-state index is 11.3. The fourth-order valence-electron chi connectivity index (χ4n) is 3.37. The number of hydrogen-bond donors (Lipinski definition) is 2. The average molecular weight is 354 g/mol. The standard InChI is InChI=1S/C18H18N4O2S/c1-8(2)14-11-5-13(18(23)24)25-17(11)21-15(14)12-6-22-16(19-7-20-22)10(4)9(12)3/h5-8,21H,1-4H3,(H,23,24). The molecule has 128 valence electrons. The molecule has 25 heavy (non-hydrogen) atoms. The third-order valence-corrected chi connectivity index (χ3v) is 5.75. The Morgan fingerprint density at radius 3 is 2.76 bits per heavy atom. The van der Waals surface area contributed by atoms with Crippen LogP contribution in [0.3, 0.4) is 0 Å². The summed E-state index contributed by atoms with van der Waals surface area (Å²) in [4.78, 5) is 20.3. The minimum Gasteiger partial charge on any atom is -0.477 e. The maximum Gasteiger partial charge on any atom is 0.345 e. The van der Waals surface area contributed by atoms with Gasteiger partial charge < -0.3 is 10.1 Å². The Bertz CT molecular complexity index is 1130. The molecule has 4 aromatic heterocycles. The molecular weight excluding hydrogens is 336 g/mol. The molecule has 0 fully saturated rings. The third kappa shape index (κ3) is 2.26. The fraction of sp³-hybridized carbons (Fsp3) is 0.278. The number of carboxylic acid groups (broad SMARTS) is 1. The number of aryl methyl sites for hydroxylation is 1. The number of fused-ring (bicyclic) bond motifs is 2. The molecule has 4 rings (SSSR count). The van der Waals surface area contributed by atoms with E-state index in [2.05, 4.69) is 35.8 Å². The summed E-state index contributed by atoms with van der Waals surface area (Å²) in [5, 5.41) is 14.5. The van der Waals surface area contributed by atoms with Gasteiger partial charge in [-0.05, 0) is 42.5 Å². The van der Waals surface area contributed by atoms with E-state index in [0.717, 1.165) is 43.8 Å². The summed E-state index contributed by atoms with van der Waals surface area (Å²) < 4.78 is 1.79. The molecule has 0 saturated carbocycles. The Morgan fingerprint density at radius 2 is 2.08 bits per heavy atom. The number of aromatic carboxylic acids is 1. The van der Waals surface area contributed by atoms with Crippen LogP contribution in [-0.4, -0.2) is 30.7 Å². The second-order valence-corrected chi connectivity index (χ2v) is 7.60. The summed E-state index contributed by atoms with van der Waals surface area (Å²) in [6, 6.07) is 1.77. The molecule has 0 unspecified atom stereocenters. The molecule has 2 N–H and O–H groups in total. The predicted octanol–water partition coefficient (Wildman–Crippen LogP) is 4.38. The number of nitrogens with one attached hydrogen (secondary N) is 1. The van der Waals surface area contributed by atoms with Gasteiger partial charge >= 0.3 is 5.97 Å². The zero-order valence-corrected chi connectivity index (χ0v) is 15.2. The Kier molecular flexibility index (Phi) is 3.43. The Morgan fingerprint density at radius 1 is 1.32 bits per heavy atom. The molecular formula is C18H18N4O2S. The molecule has 0 aromatic carbocycles. The van der Waals surface area contributed by atoms with Gasteiger partial charge in [-0.2, -0.15) is 5.10 Å². The van der Waals surface area contributed by atoms with E-state index in [4.69, 9.17) is 0 Å².